The van der Waals surface area contributed by atoms with E-state index in [4.69, 9.17) is 0 Å². The average molecular weight is 168 g/mol. The second kappa shape index (κ2) is 2.90. The third kappa shape index (κ3) is 1.14. The smallest absolute Gasteiger partial charge is 0.146 e. The highest BCUT2D eigenvalue weighted by Crippen LogP contribution is 2.26. The van der Waals surface area contributed by atoms with Gasteiger partial charge in [0.15, 0.2) is 0 Å². The van der Waals surface area contributed by atoms with Crippen LogP contribution >= 0.6 is 0 Å². The van der Waals surface area contributed by atoms with E-state index in [-0.39, 0.29) is 0 Å². The quantitative estimate of drug-likeness (QED) is 0.442. The number of aliphatic hydroxyl groups excluding tert-OH is 2. The predicted octanol–water partition coefficient (Wildman–Crippen LogP) is 0.0323. The van der Waals surface area contributed by atoms with Gasteiger partial charge in [0.25, 0.3) is 0 Å². The zero-order chi connectivity index (χ0) is 8.55. The molecule has 0 aliphatic carbocycles. The molecule has 2 unspecified atom stereocenters. The highest BCUT2D eigenvalue weighted by atomic mass is 16.3. The lowest BCUT2D eigenvalue weighted by Gasteiger charge is -2.08. The van der Waals surface area contributed by atoms with Gasteiger partial charge in [0, 0.05) is 18.3 Å². The van der Waals surface area contributed by atoms with E-state index in [0.717, 1.165) is 5.56 Å². The van der Waals surface area contributed by atoms with Crippen molar-refractivity contribution >= 4 is 0 Å². The third-order valence-corrected chi connectivity index (χ3v) is 2.20. The summed E-state index contributed by atoms with van der Waals surface area (Å²) in [5.41, 5.74) is 1.48. The van der Waals surface area contributed by atoms with Gasteiger partial charge in [-0.1, -0.05) is 0 Å². The zero-order valence-corrected chi connectivity index (χ0v) is 6.62. The maximum Gasteiger partial charge on any atom is 0.146 e. The molecular weight excluding hydrogens is 156 g/mol. The standard InChI is InChI=1S/C8H12N2O2/c11-6-2-4-10-8(12)7-5(6)1-3-9-7/h1,3,6,8-12H,2,4H2. The van der Waals surface area contributed by atoms with Gasteiger partial charge in [0.1, 0.15) is 6.23 Å². The minimum atomic E-state index is -0.674. The number of aromatic nitrogens is 1. The SMILES string of the molecule is OC1CCNC(O)c2[nH]ccc21. The van der Waals surface area contributed by atoms with Crippen molar-refractivity contribution in [1.29, 1.82) is 0 Å². The second-order valence-corrected chi connectivity index (χ2v) is 3.01. The molecule has 1 aromatic rings. The molecule has 2 rings (SSSR count). The first-order valence-corrected chi connectivity index (χ1v) is 4.05. The fourth-order valence-corrected chi connectivity index (χ4v) is 1.54. The van der Waals surface area contributed by atoms with Crippen LogP contribution in [-0.2, 0) is 0 Å². The van der Waals surface area contributed by atoms with Crippen LogP contribution in [0.4, 0.5) is 0 Å². The van der Waals surface area contributed by atoms with E-state index < -0.39 is 12.3 Å². The summed E-state index contributed by atoms with van der Waals surface area (Å²) in [5.74, 6) is 0. The molecule has 4 heteroatoms. The van der Waals surface area contributed by atoms with Crippen molar-refractivity contribution in [3.8, 4) is 0 Å². The lowest BCUT2D eigenvalue weighted by Crippen LogP contribution is -2.20. The first-order valence-electron chi connectivity index (χ1n) is 4.05. The van der Waals surface area contributed by atoms with Crippen LogP contribution in [0.5, 0.6) is 0 Å². The molecular formula is C8H12N2O2. The Morgan fingerprint density at radius 3 is 3.08 bits per heavy atom. The number of hydrogen-bond acceptors (Lipinski definition) is 3. The topological polar surface area (TPSA) is 68.3 Å². The predicted molar refractivity (Wildman–Crippen MR) is 43.3 cm³/mol. The van der Waals surface area contributed by atoms with E-state index >= 15 is 0 Å². The number of hydrogen-bond donors (Lipinski definition) is 4. The molecule has 1 aliphatic rings. The van der Waals surface area contributed by atoms with Gasteiger partial charge in [0.05, 0.1) is 11.8 Å². The Hall–Kier alpha value is -0.840. The van der Waals surface area contributed by atoms with Crippen LogP contribution in [0.3, 0.4) is 0 Å². The molecule has 0 bridgehead atoms. The molecule has 66 valence electrons. The molecule has 0 amide bonds. The van der Waals surface area contributed by atoms with Gasteiger partial charge in [-0.3, -0.25) is 5.32 Å². The summed E-state index contributed by atoms with van der Waals surface area (Å²) in [6, 6.07) is 1.80. The van der Waals surface area contributed by atoms with Gasteiger partial charge in [-0.25, -0.2) is 0 Å². The first-order chi connectivity index (χ1) is 5.79. The van der Waals surface area contributed by atoms with Crippen molar-refractivity contribution in [1.82, 2.24) is 10.3 Å². The highest BCUT2D eigenvalue weighted by molar-refractivity contribution is 5.25. The second-order valence-electron chi connectivity index (χ2n) is 3.01. The summed E-state index contributed by atoms with van der Waals surface area (Å²) >= 11 is 0. The Bertz CT molecular complexity index is 247. The maximum atomic E-state index is 9.58. The van der Waals surface area contributed by atoms with Crippen molar-refractivity contribution in [3.63, 3.8) is 0 Å². The minimum absolute atomic E-state index is 0.462. The Labute approximate surface area is 70.2 Å². The van der Waals surface area contributed by atoms with E-state index in [1.54, 1.807) is 12.3 Å². The van der Waals surface area contributed by atoms with Crippen LogP contribution < -0.4 is 5.32 Å². The Morgan fingerprint density at radius 2 is 2.25 bits per heavy atom. The number of nitrogens with one attached hydrogen (secondary N) is 2. The molecule has 0 aromatic carbocycles. The largest absolute Gasteiger partial charge is 0.388 e. The maximum absolute atomic E-state index is 9.58. The van der Waals surface area contributed by atoms with Gasteiger partial charge in [-0.05, 0) is 12.5 Å². The van der Waals surface area contributed by atoms with Crippen LogP contribution in [0.2, 0.25) is 0 Å². The number of aromatic amines is 1. The summed E-state index contributed by atoms with van der Waals surface area (Å²) in [6.07, 6.45) is 1.23. The summed E-state index contributed by atoms with van der Waals surface area (Å²) in [7, 11) is 0. The molecule has 1 aliphatic heterocycles. The molecule has 0 spiro atoms. The van der Waals surface area contributed by atoms with Crippen molar-refractivity contribution in [3.05, 3.63) is 23.5 Å². The van der Waals surface area contributed by atoms with Crippen molar-refractivity contribution in [2.24, 2.45) is 0 Å². The molecule has 2 heterocycles. The number of fused-ring (bicyclic) bond motifs is 1. The summed E-state index contributed by atoms with van der Waals surface area (Å²) in [5, 5.41) is 22.0. The molecule has 0 fully saturated rings. The lowest BCUT2D eigenvalue weighted by atomic mass is 10.1. The zero-order valence-electron chi connectivity index (χ0n) is 6.62. The van der Waals surface area contributed by atoms with Crippen molar-refractivity contribution in [2.75, 3.05) is 6.54 Å². The van der Waals surface area contributed by atoms with E-state index in [9.17, 15) is 10.2 Å². The van der Waals surface area contributed by atoms with Crippen LogP contribution in [0.25, 0.3) is 0 Å². The Kier molecular flexibility index (Phi) is 1.88. The fraction of sp³-hybridized carbons (Fsp3) is 0.500. The monoisotopic (exact) mass is 168 g/mol. The molecule has 0 saturated carbocycles. The summed E-state index contributed by atoms with van der Waals surface area (Å²) in [6.45, 7) is 0.630. The van der Waals surface area contributed by atoms with Gasteiger partial charge in [-0.2, -0.15) is 0 Å². The van der Waals surface area contributed by atoms with Crippen molar-refractivity contribution in [2.45, 2.75) is 18.8 Å². The van der Waals surface area contributed by atoms with Crippen molar-refractivity contribution < 1.29 is 10.2 Å². The fourth-order valence-electron chi connectivity index (χ4n) is 1.54. The lowest BCUT2D eigenvalue weighted by molar-refractivity contribution is 0.136. The molecule has 2 atom stereocenters. The van der Waals surface area contributed by atoms with Crippen LogP contribution in [0.15, 0.2) is 12.3 Å². The average Bonchev–Trinajstić information content (AvgIpc) is 2.47. The summed E-state index contributed by atoms with van der Waals surface area (Å²) in [4.78, 5) is 2.91. The van der Waals surface area contributed by atoms with E-state index in [1.165, 1.54) is 0 Å². The Morgan fingerprint density at radius 1 is 1.42 bits per heavy atom. The number of rotatable bonds is 0. The normalized spacial score (nSPS) is 29.5. The van der Waals surface area contributed by atoms with Crippen LogP contribution in [0.1, 0.15) is 30.0 Å². The summed E-state index contributed by atoms with van der Waals surface area (Å²) < 4.78 is 0. The molecule has 4 nitrogen and oxygen atoms in total. The van der Waals surface area contributed by atoms with Crippen LogP contribution in [0, 0.1) is 0 Å². The van der Waals surface area contributed by atoms with Gasteiger partial charge in [0.2, 0.25) is 0 Å². The van der Waals surface area contributed by atoms with Gasteiger partial charge in [-0.15, -0.1) is 0 Å². The van der Waals surface area contributed by atoms with Crippen LogP contribution in [-0.4, -0.2) is 21.7 Å². The number of H-pyrrole nitrogens is 1. The minimum Gasteiger partial charge on any atom is -0.388 e. The van der Waals surface area contributed by atoms with E-state index in [0.29, 0.717) is 18.7 Å². The van der Waals surface area contributed by atoms with E-state index in [2.05, 4.69) is 10.3 Å². The molecule has 1 aromatic heterocycles. The molecule has 12 heavy (non-hydrogen) atoms. The first kappa shape index (κ1) is 7.79. The van der Waals surface area contributed by atoms with Gasteiger partial charge < -0.3 is 15.2 Å². The molecule has 0 saturated heterocycles. The van der Waals surface area contributed by atoms with Gasteiger partial charge >= 0.3 is 0 Å². The van der Waals surface area contributed by atoms with E-state index in [1.807, 2.05) is 0 Å². The molecule has 0 radical (unpaired) electrons. The molecule has 4 N–H and O–H groups in total. The highest BCUT2D eigenvalue weighted by Gasteiger charge is 2.22. The Balaban J connectivity index is 2.39. The third-order valence-electron chi connectivity index (χ3n) is 2.20. The number of aliphatic hydroxyl groups is 2.